The van der Waals surface area contributed by atoms with Gasteiger partial charge in [-0.2, -0.15) is 0 Å². The van der Waals surface area contributed by atoms with Crippen LogP contribution in [0.3, 0.4) is 0 Å². The van der Waals surface area contributed by atoms with Crippen molar-refractivity contribution < 1.29 is 0 Å². The topological polar surface area (TPSA) is 73.8 Å². The highest BCUT2D eigenvalue weighted by atomic mass is 16.2. The van der Waals surface area contributed by atoms with Crippen molar-refractivity contribution >= 4 is 11.2 Å². The highest BCUT2D eigenvalue weighted by molar-refractivity contribution is 5.69. The number of hydrogen-bond donors (Lipinski definition) is 1. The van der Waals surface area contributed by atoms with Crippen LogP contribution < -0.4 is 16.6 Å². The van der Waals surface area contributed by atoms with E-state index >= 15 is 0 Å². The molecule has 26 heavy (non-hydrogen) atoms. The van der Waals surface area contributed by atoms with Crippen molar-refractivity contribution in [3.8, 4) is 0 Å². The molecular formula is C19H25N5O2. The highest BCUT2D eigenvalue weighted by Crippen LogP contribution is 2.08. The van der Waals surface area contributed by atoms with E-state index < -0.39 is 0 Å². The fourth-order valence-corrected chi connectivity index (χ4v) is 3.40. The van der Waals surface area contributed by atoms with Crippen LogP contribution in [0.4, 0.5) is 0 Å². The quantitative estimate of drug-likeness (QED) is 0.717. The van der Waals surface area contributed by atoms with Crippen LogP contribution in [0.1, 0.15) is 19.4 Å². The maximum Gasteiger partial charge on any atom is 0.332 e. The Morgan fingerprint density at radius 1 is 1.04 bits per heavy atom. The molecule has 0 saturated carbocycles. The normalized spacial score (nSPS) is 13.8. The molecule has 1 N–H and O–H groups in total. The van der Waals surface area contributed by atoms with Gasteiger partial charge in [0.25, 0.3) is 5.56 Å². The summed E-state index contributed by atoms with van der Waals surface area (Å²) in [5.41, 5.74) is 1.48. The molecule has 7 heteroatoms. The van der Waals surface area contributed by atoms with Crippen molar-refractivity contribution in [2.45, 2.75) is 38.9 Å². The summed E-state index contributed by atoms with van der Waals surface area (Å²) in [6.45, 7) is 4.83. The van der Waals surface area contributed by atoms with Crippen LogP contribution in [0, 0.1) is 0 Å². The molecular weight excluding hydrogens is 330 g/mol. The van der Waals surface area contributed by atoms with Gasteiger partial charge in [0.05, 0.1) is 6.33 Å². The summed E-state index contributed by atoms with van der Waals surface area (Å²) in [6.07, 6.45) is 2.57. The van der Waals surface area contributed by atoms with Crippen LogP contribution in [-0.4, -0.2) is 30.8 Å². The molecule has 2 atom stereocenters. The van der Waals surface area contributed by atoms with Crippen LogP contribution in [0.2, 0.25) is 0 Å². The van der Waals surface area contributed by atoms with Crippen LogP contribution in [-0.2, 0) is 27.1 Å². The monoisotopic (exact) mass is 355 g/mol. The zero-order valence-corrected chi connectivity index (χ0v) is 15.6. The number of fused-ring (bicyclic) bond motifs is 1. The second-order valence-corrected chi connectivity index (χ2v) is 6.93. The van der Waals surface area contributed by atoms with Crippen molar-refractivity contribution in [2.24, 2.45) is 14.1 Å². The third-order valence-corrected chi connectivity index (χ3v) is 4.64. The first kappa shape index (κ1) is 18.1. The van der Waals surface area contributed by atoms with E-state index in [1.165, 1.54) is 17.2 Å². The molecule has 2 heterocycles. The smallest absolute Gasteiger partial charge is 0.323 e. The second-order valence-electron chi connectivity index (χ2n) is 6.93. The number of rotatable bonds is 6. The van der Waals surface area contributed by atoms with Gasteiger partial charge >= 0.3 is 5.69 Å². The van der Waals surface area contributed by atoms with E-state index in [-0.39, 0.29) is 17.3 Å². The summed E-state index contributed by atoms with van der Waals surface area (Å²) in [5, 5.41) is 3.57. The largest absolute Gasteiger partial charge is 0.332 e. The lowest BCUT2D eigenvalue weighted by Gasteiger charge is -2.21. The molecule has 0 aliphatic heterocycles. The van der Waals surface area contributed by atoms with Crippen LogP contribution in [0.25, 0.3) is 11.2 Å². The predicted octanol–water partition coefficient (Wildman–Crippen LogP) is 1.04. The molecule has 2 aromatic heterocycles. The summed E-state index contributed by atoms with van der Waals surface area (Å²) in [5.74, 6) is 0. The molecule has 0 fully saturated rings. The van der Waals surface area contributed by atoms with Crippen molar-refractivity contribution in [2.75, 3.05) is 0 Å². The van der Waals surface area contributed by atoms with E-state index in [9.17, 15) is 9.59 Å². The first-order valence-corrected chi connectivity index (χ1v) is 8.79. The van der Waals surface area contributed by atoms with Crippen LogP contribution in [0.5, 0.6) is 0 Å². The van der Waals surface area contributed by atoms with E-state index in [0.717, 1.165) is 11.0 Å². The number of nitrogens with one attached hydrogen (secondary N) is 1. The van der Waals surface area contributed by atoms with Gasteiger partial charge in [0.15, 0.2) is 11.2 Å². The molecule has 0 amide bonds. The lowest BCUT2D eigenvalue weighted by molar-refractivity contribution is 0.424. The third-order valence-electron chi connectivity index (χ3n) is 4.64. The van der Waals surface area contributed by atoms with Gasteiger partial charge in [0.2, 0.25) is 0 Å². The fraction of sp³-hybridized carbons (Fsp3) is 0.421. The first-order valence-electron chi connectivity index (χ1n) is 8.79. The molecule has 7 nitrogen and oxygen atoms in total. The summed E-state index contributed by atoms with van der Waals surface area (Å²) in [4.78, 5) is 28.8. The van der Waals surface area contributed by atoms with Gasteiger partial charge in [0, 0.05) is 32.7 Å². The zero-order chi connectivity index (χ0) is 18.8. The van der Waals surface area contributed by atoms with E-state index in [1.807, 2.05) is 22.8 Å². The predicted molar refractivity (Wildman–Crippen MR) is 102 cm³/mol. The van der Waals surface area contributed by atoms with Gasteiger partial charge < -0.3 is 9.88 Å². The molecule has 0 unspecified atom stereocenters. The van der Waals surface area contributed by atoms with Crippen LogP contribution >= 0.6 is 0 Å². The average Bonchev–Trinajstić information content (AvgIpc) is 3.02. The third kappa shape index (κ3) is 3.48. The molecule has 1 aromatic carbocycles. The van der Waals surface area contributed by atoms with Crippen molar-refractivity contribution in [3.05, 3.63) is 63.1 Å². The standard InChI is InChI=1S/C19H25N5O2/c1-13(10-15-8-6-5-7-9-15)21-14(2)11-24-12-20-17-16(24)18(25)23(4)19(26)22(17)3/h5-9,12-14,21H,10-11H2,1-4H3/t13-,14+/m0/s1. The van der Waals surface area contributed by atoms with Gasteiger partial charge in [-0.3, -0.25) is 13.9 Å². The Bertz CT molecular complexity index is 1020. The number of aromatic nitrogens is 4. The SMILES string of the molecule is C[C@H](Cn1cnc2c1c(=O)n(C)c(=O)n2C)N[C@@H](C)Cc1ccccc1. The summed E-state index contributed by atoms with van der Waals surface area (Å²) in [6, 6.07) is 10.8. The number of nitrogens with zero attached hydrogens (tertiary/aromatic N) is 4. The molecule has 0 aliphatic carbocycles. The Balaban J connectivity index is 1.77. The van der Waals surface area contributed by atoms with Crippen molar-refractivity contribution in [1.82, 2.24) is 24.0 Å². The van der Waals surface area contributed by atoms with Crippen molar-refractivity contribution in [1.29, 1.82) is 0 Å². The molecule has 138 valence electrons. The Morgan fingerprint density at radius 3 is 2.42 bits per heavy atom. The Hall–Kier alpha value is -2.67. The minimum Gasteiger partial charge on any atom is -0.323 e. The lowest BCUT2D eigenvalue weighted by atomic mass is 10.1. The maximum absolute atomic E-state index is 12.5. The Labute approximate surface area is 151 Å². The van der Waals surface area contributed by atoms with Gasteiger partial charge in [-0.25, -0.2) is 9.78 Å². The minimum absolute atomic E-state index is 0.146. The number of hydrogen-bond acceptors (Lipinski definition) is 4. The van der Waals surface area contributed by atoms with Gasteiger partial charge in [-0.05, 0) is 25.8 Å². The zero-order valence-electron chi connectivity index (χ0n) is 15.6. The first-order chi connectivity index (χ1) is 12.4. The van der Waals surface area contributed by atoms with Gasteiger partial charge in [-0.15, -0.1) is 0 Å². The Kier molecular flexibility index (Phi) is 5.08. The number of imidazole rings is 1. The molecule has 0 radical (unpaired) electrons. The van der Waals surface area contributed by atoms with Gasteiger partial charge in [-0.1, -0.05) is 30.3 Å². The maximum atomic E-state index is 12.5. The van der Waals surface area contributed by atoms with Gasteiger partial charge in [0.1, 0.15) is 0 Å². The minimum atomic E-state index is -0.365. The molecule has 0 aliphatic rings. The Morgan fingerprint density at radius 2 is 1.73 bits per heavy atom. The van der Waals surface area contributed by atoms with E-state index in [2.05, 4.69) is 36.3 Å². The molecule has 3 aromatic rings. The van der Waals surface area contributed by atoms with E-state index in [4.69, 9.17) is 0 Å². The fourth-order valence-electron chi connectivity index (χ4n) is 3.40. The molecule has 0 bridgehead atoms. The van der Waals surface area contributed by atoms with Crippen LogP contribution in [0.15, 0.2) is 46.2 Å². The van der Waals surface area contributed by atoms with E-state index in [1.54, 1.807) is 13.4 Å². The molecule has 0 saturated heterocycles. The molecule has 3 rings (SSSR count). The number of aryl methyl sites for hydroxylation is 1. The average molecular weight is 355 g/mol. The van der Waals surface area contributed by atoms with Crippen molar-refractivity contribution in [3.63, 3.8) is 0 Å². The summed E-state index contributed by atoms with van der Waals surface area (Å²) < 4.78 is 4.35. The van der Waals surface area contributed by atoms with E-state index in [0.29, 0.717) is 23.8 Å². The second kappa shape index (κ2) is 7.29. The lowest BCUT2D eigenvalue weighted by Crippen LogP contribution is -2.40. The number of benzene rings is 1. The summed E-state index contributed by atoms with van der Waals surface area (Å²) >= 11 is 0. The summed E-state index contributed by atoms with van der Waals surface area (Å²) in [7, 11) is 3.12. The molecule has 0 spiro atoms. The highest BCUT2D eigenvalue weighted by Gasteiger charge is 2.16.